The van der Waals surface area contributed by atoms with Gasteiger partial charge in [-0.2, -0.15) is 8.42 Å². The van der Waals surface area contributed by atoms with Crippen LogP contribution in [0.1, 0.15) is 20.7 Å². The number of nitrogens with one attached hydrogen (secondary N) is 1. The Morgan fingerprint density at radius 3 is 2.00 bits per heavy atom. The molecule has 1 aromatic carbocycles. The molecule has 2 rings (SSSR count). The summed E-state index contributed by atoms with van der Waals surface area (Å²) < 4.78 is 31.5. The Bertz CT molecular complexity index is 971. The fraction of sp³-hybridized carbons (Fsp3) is 0.0667. The van der Waals surface area contributed by atoms with Crippen molar-refractivity contribution >= 4 is 33.7 Å². The monoisotopic (exact) mass is 381 g/mol. The number of rotatable bonds is 5. The molecule has 0 saturated heterocycles. The van der Waals surface area contributed by atoms with Crippen molar-refractivity contribution in [1.82, 2.24) is 5.32 Å². The summed E-state index contributed by atoms with van der Waals surface area (Å²) in [6, 6.07) is 4.58. The molecule has 1 amide bonds. The average Bonchev–Trinajstić information content (AvgIpc) is 2.55. The van der Waals surface area contributed by atoms with E-state index in [9.17, 15) is 27.6 Å². The number of benzene rings is 1. The molecule has 0 aliphatic heterocycles. The number of amides is 1. The van der Waals surface area contributed by atoms with E-state index in [1.165, 1.54) is 0 Å². The minimum Gasteiger partial charge on any atom is -0.480 e. The van der Waals surface area contributed by atoms with E-state index in [4.69, 9.17) is 14.8 Å². The predicted octanol–water partition coefficient (Wildman–Crippen LogP) is 0.0537. The van der Waals surface area contributed by atoms with Gasteiger partial charge in [0.1, 0.15) is 5.92 Å². The molecular formula is C15H11NO9S. The van der Waals surface area contributed by atoms with Gasteiger partial charge in [0.15, 0.2) is 5.78 Å². The van der Waals surface area contributed by atoms with Crippen LogP contribution in [-0.2, 0) is 19.7 Å². The molecule has 1 aromatic rings. The van der Waals surface area contributed by atoms with Gasteiger partial charge in [-0.25, -0.2) is 4.79 Å². The first-order valence-corrected chi connectivity index (χ1v) is 8.27. The van der Waals surface area contributed by atoms with Gasteiger partial charge in [0, 0.05) is 5.56 Å². The fourth-order valence-electron chi connectivity index (χ4n) is 2.07. The van der Waals surface area contributed by atoms with Crippen LogP contribution in [0.2, 0.25) is 0 Å². The van der Waals surface area contributed by atoms with Gasteiger partial charge < -0.3 is 15.5 Å². The number of aliphatic carboxylic acids is 1. The SMILES string of the molecule is O=C(O)c1ccc(C(=O)NC2=CC(S(=O)(=O)O)=CC(C(=O)O)C2=O)cc1. The molecule has 136 valence electrons. The molecule has 0 radical (unpaired) electrons. The van der Waals surface area contributed by atoms with Crippen LogP contribution >= 0.6 is 0 Å². The summed E-state index contributed by atoms with van der Waals surface area (Å²) in [5.74, 6) is -6.76. The number of allylic oxidation sites excluding steroid dienone is 2. The summed E-state index contributed by atoms with van der Waals surface area (Å²) in [6.07, 6.45) is 1.19. The maximum absolute atomic E-state index is 12.1. The highest BCUT2D eigenvalue weighted by atomic mass is 32.2. The zero-order valence-electron chi connectivity index (χ0n) is 12.7. The van der Waals surface area contributed by atoms with E-state index in [1.54, 1.807) is 0 Å². The summed E-state index contributed by atoms with van der Waals surface area (Å²) in [6.45, 7) is 0. The van der Waals surface area contributed by atoms with Crippen molar-refractivity contribution in [2.45, 2.75) is 0 Å². The highest BCUT2D eigenvalue weighted by molar-refractivity contribution is 7.90. The van der Waals surface area contributed by atoms with E-state index in [2.05, 4.69) is 5.32 Å². The molecule has 4 N–H and O–H groups in total. The second-order valence-corrected chi connectivity index (χ2v) is 6.54. The number of carboxylic acids is 2. The van der Waals surface area contributed by atoms with Gasteiger partial charge in [-0.3, -0.25) is 18.9 Å². The molecule has 0 bridgehead atoms. The second kappa shape index (κ2) is 6.90. The molecular weight excluding hydrogens is 370 g/mol. The van der Waals surface area contributed by atoms with Crippen molar-refractivity contribution in [3.8, 4) is 0 Å². The molecule has 1 aliphatic carbocycles. The number of hydrogen-bond acceptors (Lipinski definition) is 6. The number of carbonyl (C=O) groups excluding carboxylic acids is 2. The van der Waals surface area contributed by atoms with E-state index < -0.39 is 50.3 Å². The molecule has 0 fully saturated rings. The molecule has 0 aromatic heterocycles. The van der Waals surface area contributed by atoms with Gasteiger partial charge >= 0.3 is 11.9 Å². The average molecular weight is 381 g/mol. The van der Waals surface area contributed by atoms with E-state index in [-0.39, 0.29) is 11.1 Å². The summed E-state index contributed by atoms with van der Waals surface area (Å²) >= 11 is 0. The standard InChI is InChI=1S/C15H11NO9S/c17-12-10(15(21)22)5-9(26(23,24)25)6-11(12)16-13(18)7-1-3-8(4-2-7)14(19)20/h1-6,10H,(H,16,18)(H,19,20)(H,21,22)(H,23,24,25). The Kier molecular flexibility index (Phi) is 5.05. The van der Waals surface area contributed by atoms with Gasteiger partial charge in [-0.1, -0.05) is 0 Å². The Labute approximate surface area is 146 Å². The quantitative estimate of drug-likeness (QED) is 0.405. The van der Waals surface area contributed by atoms with Gasteiger partial charge in [-0.05, 0) is 36.4 Å². The summed E-state index contributed by atoms with van der Waals surface area (Å²) in [4.78, 5) is 45.3. The lowest BCUT2D eigenvalue weighted by Crippen LogP contribution is -2.35. The minimum absolute atomic E-state index is 0.0569. The van der Waals surface area contributed by atoms with Crippen molar-refractivity contribution in [3.05, 3.63) is 58.1 Å². The van der Waals surface area contributed by atoms with Gasteiger partial charge in [0.2, 0.25) is 0 Å². The van der Waals surface area contributed by atoms with Crippen molar-refractivity contribution in [3.63, 3.8) is 0 Å². The predicted molar refractivity (Wildman–Crippen MR) is 84.7 cm³/mol. The smallest absolute Gasteiger partial charge is 0.335 e. The number of carbonyl (C=O) groups is 4. The maximum Gasteiger partial charge on any atom is 0.335 e. The molecule has 10 nitrogen and oxygen atoms in total. The third kappa shape index (κ3) is 4.02. The number of aromatic carboxylic acids is 1. The fourth-order valence-corrected chi connectivity index (χ4v) is 2.64. The minimum atomic E-state index is -4.81. The zero-order chi connectivity index (χ0) is 19.6. The molecule has 1 aliphatic rings. The van der Waals surface area contributed by atoms with Crippen LogP contribution in [0.4, 0.5) is 0 Å². The second-order valence-electron chi connectivity index (χ2n) is 5.12. The third-order valence-corrected chi connectivity index (χ3v) is 4.22. The van der Waals surface area contributed by atoms with Crippen molar-refractivity contribution in [2.75, 3.05) is 0 Å². The van der Waals surface area contributed by atoms with Crippen molar-refractivity contribution < 1.29 is 42.4 Å². The van der Waals surface area contributed by atoms with Crippen LogP contribution in [0.25, 0.3) is 0 Å². The molecule has 0 spiro atoms. The Hall–Kier alpha value is -3.31. The maximum atomic E-state index is 12.1. The third-order valence-electron chi connectivity index (χ3n) is 3.37. The highest BCUT2D eigenvalue weighted by Gasteiger charge is 2.34. The normalized spacial score (nSPS) is 17.1. The molecule has 26 heavy (non-hydrogen) atoms. The largest absolute Gasteiger partial charge is 0.480 e. The lowest BCUT2D eigenvalue weighted by atomic mass is 9.96. The Morgan fingerprint density at radius 2 is 1.54 bits per heavy atom. The van der Waals surface area contributed by atoms with Gasteiger partial charge in [-0.15, -0.1) is 0 Å². The first-order chi connectivity index (χ1) is 12.0. The molecule has 1 unspecified atom stereocenters. The Morgan fingerprint density at radius 1 is 1.00 bits per heavy atom. The molecule has 0 heterocycles. The topological polar surface area (TPSA) is 175 Å². The summed E-state index contributed by atoms with van der Waals surface area (Å²) in [7, 11) is -4.81. The lowest BCUT2D eigenvalue weighted by Gasteiger charge is -2.17. The molecule has 11 heteroatoms. The van der Waals surface area contributed by atoms with Crippen LogP contribution in [0.15, 0.2) is 47.0 Å². The lowest BCUT2D eigenvalue weighted by molar-refractivity contribution is -0.143. The van der Waals surface area contributed by atoms with E-state index in [0.29, 0.717) is 12.2 Å². The van der Waals surface area contributed by atoms with E-state index >= 15 is 0 Å². The van der Waals surface area contributed by atoms with Crippen molar-refractivity contribution in [1.29, 1.82) is 0 Å². The number of Topliss-reactive ketones (excluding diaryl/α,β-unsaturated/α-hetero) is 1. The van der Waals surface area contributed by atoms with Gasteiger partial charge in [0.05, 0.1) is 16.2 Å². The van der Waals surface area contributed by atoms with Crippen LogP contribution in [-0.4, -0.2) is 46.8 Å². The van der Waals surface area contributed by atoms with Crippen molar-refractivity contribution in [2.24, 2.45) is 5.92 Å². The highest BCUT2D eigenvalue weighted by Crippen LogP contribution is 2.22. The zero-order valence-corrected chi connectivity index (χ0v) is 13.6. The van der Waals surface area contributed by atoms with Crippen LogP contribution < -0.4 is 5.32 Å². The first kappa shape index (κ1) is 19.0. The van der Waals surface area contributed by atoms with Crippen LogP contribution in [0.3, 0.4) is 0 Å². The Balaban J connectivity index is 2.34. The number of hydrogen-bond donors (Lipinski definition) is 4. The summed E-state index contributed by atoms with van der Waals surface area (Å²) in [5, 5.41) is 19.9. The molecule has 0 saturated carbocycles. The summed E-state index contributed by atoms with van der Waals surface area (Å²) in [5.41, 5.74) is -0.782. The molecule has 1 atom stereocenters. The van der Waals surface area contributed by atoms with Crippen LogP contribution in [0, 0.1) is 5.92 Å². The van der Waals surface area contributed by atoms with Crippen LogP contribution in [0.5, 0.6) is 0 Å². The van der Waals surface area contributed by atoms with E-state index in [0.717, 1.165) is 24.3 Å². The first-order valence-electron chi connectivity index (χ1n) is 6.83. The number of ketones is 1. The number of carboxylic acid groups (broad SMARTS) is 2. The van der Waals surface area contributed by atoms with Gasteiger partial charge in [0.25, 0.3) is 16.0 Å². The van der Waals surface area contributed by atoms with E-state index in [1.807, 2.05) is 0 Å².